The van der Waals surface area contributed by atoms with Gasteiger partial charge in [0, 0.05) is 25.0 Å². The Morgan fingerprint density at radius 1 is 1.65 bits per heavy atom. The Labute approximate surface area is 118 Å². The molecule has 2 rings (SSSR count). The number of carbonyl (C=O) groups is 1. The summed E-state index contributed by atoms with van der Waals surface area (Å²) in [5, 5.41) is 11.7. The number of aromatic nitrogens is 1. The van der Waals surface area contributed by atoms with Gasteiger partial charge in [0.1, 0.15) is 6.61 Å². The maximum Gasteiger partial charge on any atom is 0.252 e. The number of hydrogen-bond acceptors (Lipinski definition) is 4. The fourth-order valence-corrected chi connectivity index (χ4v) is 2.22. The molecule has 2 unspecified atom stereocenters. The lowest BCUT2D eigenvalue weighted by atomic mass is 10.0. The second-order valence-electron chi connectivity index (χ2n) is 4.76. The molecular formula is C15H18N2O3. The van der Waals surface area contributed by atoms with Gasteiger partial charge in [0.15, 0.2) is 0 Å². The highest BCUT2D eigenvalue weighted by molar-refractivity contribution is 5.96. The predicted molar refractivity (Wildman–Crippen MR) is 74.1 cm³/mol. The lowest BCUT2D eigenvalue weighted by Gasteiger charge is -2.28. The zero-order valence-corrected chi connectivity index (χ0v) is 11.4. The summed E-state index contributed by atoms with van der Waals surface area (Å²) in [7, 11) is 0. The molecule has 20 heavy (non-hydrogen) atoms. The first-order chi connectivity index (χ1) is 9.70. The van der Waals surface area contributed by atoms with E-state index in [2.05, 4.69) is 22.1 Å². The molecule has 0 bridgehead atoms. The molecule has 1 aliphatic rings. The minimum atomic E-state index is -0.243. The minimum Gasteiger partial charge on any atom is -0.384 e. The van der Waals surface area contributed by atoms with Gasteiger partial charge in [-0.2, -0.15) is 0 Å². The molecule has 1 fully saturated rings. The maximum absolute atomic E-state index is 12.3. The van der Waals surface area contributed by atoms with E-state index in [1.165, 1.54) is 6.20 Å². The summed E-state index contributed by atoms with van der Waals surface area (Å²) in [5.41, 5.74) is 1.01. The highest BCUT2D eigenvalue weighted by atomic mass is 16.5. The van der Waals surface area contributed by atoms with Crippen LogP contribution in [-0.2, 0) is 4.74 Å². The Kier molecular flexibility index (Phi) is 5.10. The third-order valence-electron chi connectivity index (χ3n) is 3.19. The number of pyridine rings is 1. The number of nitrogens with one attached hydrogen (secondary N) is 1. The molecule has 0 aliphatic carbocycles. The van der Waals surface area contributed by atoms with Crippen molar-refractivity contribution in [1.82, 2.24) is 10.3 Å². The number of hydrogen-bond donors (Lipinski definition) is 2. The average Bonchev–Trinajstić information content (AvgIpc) is 2.45. The third kappa shape index (κ3) is 3.80. The van der Waals surface area contributed by atoms with Gasteiger partial charge in [0.2, 0.25) is 0 Å². The zero-order valence-electron chi connectivity index (χ0n) is 11.4. The van der Waals surface area contributed by atoms with E-state index >= 15 is 0 Å². The van der Waals surface area contributed by atoms with E-state index < -0.39 is 0 Å². The number of carbonyl (C=O) groups excluding carboxylic acids is 1. The largest absolute Gasteiger partial charge is 0.384 e. The number of ether oxygens (including phenoxy) is 1. The van der Waals surface area contributed by atoms with E-state index in [0.717, 1.165) is 12.8 Å². The topological polar surface area (TPSA) is 71.5 Å². The summed E-state index contributed by atoms with van der Waals surface area (Å²) in [6.07, 6.45) is 4.89. The van der Waals surface area contributed by atoms with Crippen LogP contribution in [0.5, 0.6) is 0 Å². The van der Waals surface area contributed by atoms with Crippen LogP contribution in [0.2, 0.25) is 0 Å². The van der Waals surface area contributed by atoms with E-state index in [1.807, 2.05) is 6.92 Å². The molecule has 1 aromatic rings. The summed E-state index contributed by atoms with van der Waals surface area (Å²) < 4.78 is 5.46. The Morgan fingerprint density at radius 3 is 3.25 bits per heavy atom. The second-order valence-corrected chi connectivity index (χ2v) is 4.76. The van der Waals surface area contributed by atoms with Crippen molar-refractivity contribution < 1.29 is 14.6 Å². The first-order valence-electron chi connectivity index (χ1n) is 6.67. The number of amides is 1. The lowest BCUT2D eigenvalue weighted by molar-refractivity contribution is 0.0136. The molecule has 1 saturated heterocycles. The van der Waals surface area contributed by atoms with Gasteiger partial charge in [0.25, 0.3) is 5.91 Å². The van der Waals surface area contributed by atoms with Gasteiger partial charge >= 0.3 is 0 Å². The standard InChI is InChI=1S/C15H18N2O3/c1-11-9-13(5-8-20-11)17-15(19)14-4-6-16-10-12(14)3-2-7-18/h4,6,10-11,13,18H,5,7-9H2,1H3,(H,17,19). The van der Waals surface area contributed by atoms with Gasteiger partial charge in [-0.1, -0.05) is 11.8 Å². The zero-order chi connectivity index (χ0) is 14.4. The monoisotopic (exact) mass is 274 g/mol. The quantitative estimate of drug-likeness (QED) is 0.780. The first kappa shape index (κ1) is 14.5. The van der Waals surface area contributed by atoms with Crippen molar-refractivity contribution in [1.29, 1.82) is 0 Å². The van der Waals surface area contributed by atoms with Crippen LogP contribution >= 0.6 is 0 Å². The highest BCUT2D eigenvalue weighted by Gasteiger charge is 2.22. The van der Waals surface area contributed by atoms with Crippen LogP contribution in [0.25, 0.3) is 0 Å². The summed E-state index contributed by atoms with van der Waals surface area (Å²) in [4.78, 5) is 16.2. The summed E-state index contributed by atoms with van der Waals surface area (Å²) >= 11 is 0. The predicted octanol–water partition coefficient (Wildman–Crippen LogP) is 0.723. The van der Waals surface area contributed by atoms with Crippen LogP contribution < -0.4 is 5.32 Å². The Morgan fingerprint density at radius 2 is 2.50 bits per heavy atom. The number of aliphatic hydroxyl groups is 1. The molecule has 2 atom stereocenters. The fraction of sp³-hybridized carbons (Fsp3) is 0.467. The van der Waals surface area contributed by atoms with Crippen molar-refractivity contribution in [3.8, 4) is 11.8 Å². The average molecular weight is 274 g/mol. The molecule has 0 radical (unpaired) electrons. The van der Waals surface area contributed by atoms with Gasteiger partial charge in [-0.05, 0) is 25.8 Å². The maximum atomic E-state index is 12.3. The molecule has 2 N–H and O–H groups in total. The number of rotatable bonds is 2. The fourth-order valence-electron chi connectivity index (χ4n) is 2.22. The summed E-state index contributed by atoms with van der Waals surface area (Å²) in [6.45, 7) is 2.43. The van der Waals surface area contributed by atoms with Crippen molar-refractivity contribution in [3.63, 3.8) is 0 Å². The Bertz CT molecular complexity index is 533. The van der Waals surface area contributed by atoms with E-state index in [1.54, 1.807) is 12.3 Å². The molecule has 5 heteroatoms. The number of nitrogens with zero attached hydrogens (tertiary/aromatic N) is 1. The van der Waals surface area contributed by atoms with Crippen LogP contribution in [0, 0.1) is 11.8 Å². The lowest BCUT2D eigenvalue weighted by Crippen LogP contribution is -2.41. The van der Waals surface area contributed by atoms with Gasteiger partial charge in [0.05, 0.1) is 17.2 Å². The van der Waals surface area contributed by atoms with E-state index in [-0.39, 0.29) is 24.7 Å². The van der Waals surface area contributed by atoms with Crippen molar-refractivity contribution >= 4 is 5.91 Å². The molecule has 0 spiro atoms. The highest BCUT2D eigenvalue weighted by Crippen LogP contribution is 2.14. The molecule has 0 aromatic carbocycles. The summed E-state index contributed by atoms with van der Waals surface area (Å²) in [6, 6.07) is 1.76. The van der Waals surface area contributed by atoms with Gasteiger partial charge in [-0.3, -0.25) is 9.78 Å². The SMILES string of the molecule is CC1CC(NC(=O)c2ccncc2C#CCO)CCO1. The van der Waals surface area contributed by atoms with Crippen molar-refractivity contribution in [2.45, 2.75) is 31.9 Å². The second kappa shape index (κ2) is 7.04. The van der Waals surface area contributed by atoms with Crippen molar-refractivity contribution in [3.05, 3.63) is 29.6 Å². The molecule has 2 heterocycles. The Balaban J connectivity index is 2.09. The smallest absolute Gasteiger partial charge is 0.252 e. The van der Waals surface area contributed by atoms with Crippen LogP contribution in [0.1, 0.15) is 35.7 Å². The molecule has 1 amide bonds. The van der Waals surface area contributed by atoms with Gasteiger partial charge in [-0.25, -0.2) is 0 Å². The number of aliphatic hydroxyl groups excluding tert-OH is 1. The van der Waals surface area contributed by atoms with Gasteiger partial charge in [-0.15, -0.1) is 0 Å². The molecule has 0 saturated carbocycles. The van der Waals surface area contributed by atoms with Crippen molar-refractivity contribution in [2.24, 2.45) is 0 Å². The van der Waals surface area contributed by atoms with Gasteiger partial charge < -0.3 is 15.2 Å². The Hall–Kier alpha value is -1.90. The molecule has 5 nitrogen and oxygen atoms in total. The first-order valence-corrected chi connectivity index (χ1v) is 6.67. The molecular weight excluding hydrogens is 256 g/mol. The molecule has 1 aromatic heterocycles. The van der Waals surface area contributed by atoms with Crippen molar-refractivity contribution in [2.75, 3.05) is 13.2 Å². The summed E-state index contributed by atoms with van der Waals surface area (Å²) in [5.74, 6) is 5.12. The van der Waals surface area contributed by atoms with E-state index in [0.29, 0.717) is 17.7 Å². The van der Waals surface area contributed by atoms with E-state index in [9.17, 15) is 4.79 Å². The van der Waals surface area contributed by atoms with Crippen LogP contribution in [0.3, 0.4) is 0 Å². The minimum absolute atomic E-state index is 0.123. The van der Waals surface area contributed by atoms with Crippen LogP contribution in [-0.4, -0.2) is 41.4 Å². The van der Waals surface area contributed by atoms with Crippen LogP contribution in [0.15, 0.2) is 18.5 Å². The van der Waals surface area contributed by atoms with E-state index in [4.69, 9.17) is 9.84 Å². The van der Waals surface area contributed by atoms with Crippen LogP contribution in [0.4, 0.5) is 0 Å². The molecule has 1 aliphatic heterocycles. The molecule has 106 valence electrons. The third-order valence-corrected chi connectivity index (χ3v) is 3.19. The normalized spacial score (nSPS) is 21.7.